The molecule has 0 fully saturated rings. The molecule has 0 saturated carbocycles. The number of hydrogen-bond donors (Lipinski definition) is 3. The van der Waals surface area contributed by atoms with Gasteiger partial charge >= 0.3 is 0 Å². The smallest absolute Gasteiger partial charge is 0.261 e. The molecule has 1 aliphatic heterocycles. The first-order valence-electron chi connectivity index (χ1n) is 12.6. The van der Waals surface area contributed by atoms with E-state index in [2.05, 4.69) is 20.5 Å². The molecule has 5 rings (SSSR count). The SMILES string of the molecule is CN(C)CCCNc1ccccc1C(=N)C1=C(c2cn(Cc3cccnc3)c3ccccc23)C(=O)NC1=O. The zero-order chi connectivity index (χ0) is 26.6. The van der Waals surface area contributed by atoms with Crippen molar-refractivity contribution >= 4 is 39.7 Å². The molecule has 8 nitrogen and oxygen atoms in total. The Labute approximate surface area is 221 Å². The van der Waals surface area contributed by atoms with Gasteiger partial charge < -0.3 is 14.8 Å². The Kier molecular flexibility index (Phi) is 7.15. The van der Waals surface area contributed by atoms with E-state index in [1.807, 2.05) is 91.7 Å². The summed E-state index contributed by atoms with van der Waals surface area (Å²) in [6, 6.07) is 19.1. The predicted molar refractivity (Wildman–Crippen MR) is 150 cm³/mol. The van der Waals surface area contributed by atoms with Gasteiger partial charge in [-0.05, 0) is 50.8 Å². The molecule has 192 valence electrons. The van der Waals surface area contributed by atoms with Crippen LogP contribution in [-0.2, 0) is 16.1 Å². The van der Waals surface area contributed by atoms with E-state index in [1.165, 1.54) is 0 Å². The highest BCUT2D eigenvalue weighted by Gasteiger charge is 2.36. The summed E-state index contributed by atoms with van der Waals surface area (Å²) >= 11 is 0. The number of rotatable bonds is 10. The highest BCUT2D eigenvalue weighted by atomic mass is 16.2. The van der Waals surface area contributed by atoms with Crippen LogP contribution in [0.4, 0.5) is 5.69 Å². The topological polar surface area (TPSA) is 103 Å². The largest absolute Gasteiger partial charge is 0.384 e. The van der Waals surface area contributed by atoms with Crippen molar-refractivity contribution in [2.45, 2.75) is 13.0 Å². The molecule has 3 heterocycles. The molecule has 1 aliphatic rings. The van der Waals surface area contributed by atoms with Gasteiger partial charge in [0.15, 0.2) is 0 Å². The van der Waals surface area contributed by atoms with Crippen LogP contribution in [0.1, 0.15) is 23.1 Å². The van der Waals surface area contributed by atoms with Crippen molar-refractivity contribution in [2.75, 3.05) is 32.5 Å². The van der Waals surface area contributed by atoms with E-state index in [4.69, 9.17) is 5.41 Å². The minimum absolute atomic E-state index is 0.0168. The molecular weight excluding hydrogens is 476 g/mol. The first kappa shape index (κ1) is 25.1. The first-order chi connectivity index (χ1) is 18.4. The third kappa shape index (κ3) is 4.99. The second-order valence-electron chi connectivity index (χ2n) is 9.59. The van der Waals surface area contributed by atoms with E-state index in [1.54, 1.807) is 6.20 Å². The fraction of sp³-hybridized carbons (Fsp3) is 0.200. The summed E-state index contributed by atoms with van der Waals surface area (Å²) in [6.45, 7) is 2.22. The number of imide groups is 1. The molecule has 2 amide bonds. The lowest BCUT2D eigenvalue weighted by atomic mass is 9.93. The second kappa shape index (κ2) is 10.8. The number of para-hydroxylation sites is 2. The molecule has 4 aromatic rings. The van der Waals surface area contributed by atoms with Gasteiger partial charge in [-0.2, -0.15) is 0 Å². The third-order valence-corrected chi connectivity index (χ3v) is 6.61. The van der Waals surface area contributed by atoms with Crippen molar-refractivity contribution in [3.8, 4) is 0 Å². The summed E-state index contributed by atoms with van der Waals surface area (Å²) in [5.74, 6) is -1.04. The van der Waals surface area contributed by atoms with Crippen molar-refractivity contribution in [3.05, 3.63) is 102 Å². The summed E-state index contributed by atoms with van der Waals surface area (Å²) < 4.78 is 2.05. The maximum Gasteiger partial charge on any atom is 0.261 e. The highest BCUT2D eigenvalue weighted by molar-refractivity contribution is 6.48. The fourth-order valence-corrected chi connectivity index (χ4v) is 4.82. The number of hydrogen-bond acceptors (Lipinski definition) is 6. The molecule has 0 unspecified atom stereocenters. The van der Waals surface area contributed by atoms with E-state index in [9.17, 15) is 9.59 Å². The van der Waals surface area contributed by atoms with Gasteiger partial charge in [-0.25, -0.2) is 0 Å². The van der Waals surface area contributed by atoms with Gasteiger partial charge in [0.25, 0.3) is 11.8 Å². The minimum Gasteiger partial charge on any atom is -0.384 e. The number of carbonyl (C=O) groups is 2. The zero-order valence-electron chi connectivity index (χ0n) is 21.5. The summed E-state index contributed by atoms with van der Waals surface area (Å²) in [6.07, 6.45) is 6.36. The lowest BCUT2D eigenvalue weighted by molar-refractivity contribution is -0.123. The zero-order valence-corrected chi connectivity index (χ0v) is 21.5. The Bertz CT molecular complexity index is 1550. The van der Waals surface area contributed by atoms with E-state index in [0.29, 0.717) is 17.7 Å². The standard InChI is InChI=1S/C30H30N6O2/c1-35(2)16-8-15-33-24-12-5-3-11-22(24)28(31)27-26(29(37)34-30(27)38)23-19-36(18-20-9-7-14-32-17-20)25-13-6-4-10-21(23)25/h3-7,9-14,17,19,31,33H,8,15-16,18H2,1-2H3,(H,34,37,38). The average molecular weight is 507 g/mol. The van der Waals surface area contributed by atoms with Crippen LogP contribution in [0.3, 0.4) is 0 Å². The van der Waals surface area contributed by atoms with Crippen molar-refractivity contribution in [2.24, 2.45) is 0 Å². The van der Waals surface area contributed by atoms with Gasteiger partial charge in [0.1, 0.15) is 0 Å². The Hall–Kier alpha value is -4.56. The maximum atomic E-state index is 13.2. The fourth-order valence-electron chi connectivity index (χ4n) is 4.82. The lowest BCUT2D eigenvalue weighted by Gasteiger charge is -2.15. The summed E-state index contributed by atoms with van der Waals surface area (Å²) in [5.41, 5.74) is 4.24. The summed E-state index contributed by atoms with van der Waals surface area (Å²) in [4.78, 5) is 32.6. The van der Waals surface area contributed by atoms with Crippen LogP contribution in [0.2, 0.25) is 0 Å². The number of benzene rings is 2. The van der Waals surface area contributed by atoms with Gasteiger partial charge in [-0.1, -0.05) is 42.5 Å². The molecule has 0 saturated heterocycles. The lowest BCUT2D eigenvalue weighted by Crippen LogP contribution is -2.25. The number of carbonyl (C=O) groups excluding carboxylic acids is 2. The molecule has 0 bridgehead atoms. The quantitative estimate of drug-likeness (QED) is 0.172. The van der Waals surface area contributed by atoms with E-state index >= 15 is 0 Å². The molecule has 0 spiro atoms. The van der Waals surface area contributed by atoms with Crippen molar-refractivity contribution in [1.82, 2.24) is 19.8 Å². The normalized spacial score (nSPS) is 13.4. The molecule has 2 aromatic carbocycles. The number of aromatic nitrogens is 2. The number of amides is 2. The van der Waals surface area contributed by atoms with Gasteiger partial charge in [0, 0.05) is 59.4 Å². The Balaban J connectivity index is 1.57. The van der Waals surface area contributed by atoms with E-state index < -0.39 is 11.8 Å². The number of anilines is 1. The molecule has 3 N–H and O–H groups in total. The Morgan fingerprint density at radius 2 is 1.82 bits per heavy atom. The van der Waals surface area contributed by atoms with Crippen molar-refractivity contribution < 1.29 is 9.59 Å². The van der Waals surface area contributed by atoms with E-state index in [0.717, 1.165) is 41.7 Å². The average Bonchev–Trinajstić information content (AvgIpc) is 3.42. The maximum absolute atomic E-state index is 13.2. The van der Waals surface area contributed by atoms with Gasteiger partial charge in [-0.3, -0.25) is 25.3 Å². The van der Waals surface area contributed by atoms with Crippen molar-refractivity contribution in [1.29, 1.82) is 5.41 Å². The van der Waals surface area contributed by atoms with Gasteiger partial charge in [0.05, 0.1) is 16.9 Å². The summed E-state index contributed by atoms with van der Waals surface area (Å²) in [5, 5.41) is 15.8. The third-order valence-electron chi connectivity index (χ3n) is 6.61. The van der Waals surface area contributed by atoms with Gasteiger partial charge in [-0.15, -0.1) is 0 Å². The van der Waals surface area contributed by atoms with Crippen LogP contribution in [-0.4, -0.2) is 59.2 Å². The molecule has 0 atom stereocenters. The van der Waals surface area contributed by atoms with Crippen LogP contribution < -0.4 is 10.6 Å². The molecule has 38 heavy (non-hydrogen) atoms. The Morgan fingerprint density at radius 1 is 1.03 bits per heavy atom. The number of nitrogens with zero attached hydrogens (tertiary/aromatic N) is 3. The van der Waals surface area contributed by atoms with Crippen LogP contribution >= 0.6 is 0 Å². The molecule has 0 radical (unpaired) electrons. The molecule has 0 aliphatic carbocycles. The second-order valence-corrected chi connectivity index (χ2v) is 9.59. The van der Waals surface area contributed by atoms with E-state index in [-0.39, 0.29) is 16.9 Å². The number of pyridine rings is 1. The van der Waals surface area contributed by atoms with Crippen LogP contribution in [0.25, 0.3) is 16.5 Å². The minimum atomic E-state index is -0.554. The molecule has 8 heteroatoms. The molecular formula is C30H30N6O2. The molecule has 2 aromatic heterocycles. The summed E-state index contributed by atoms with van der Waals surface area (Å²) in [7, 11) is 4.06. The number of fused-ring (bicyclic) bond motifs is 1. The van der Waals surface area contributed by atoms with Gasteiger partial charge in [0.2, 0.25) is 0 Å². The monoisotopic (exact) mass is 506 g/mol. The first-order valence-corrected chi connectivity index (χ1v) is 12.6. The Morgan fingerprint density at radius 3 is 2.61 bits per heavy atom. The van der Waals surface area contributed by atoms with Crippen LogP contribution in [0.5, 0.6) is 0 Å². The predicted octanol–water partition coefficient (Wildman–Crippen LogP) is 3.93. The number of nitrogens with one attached hydrogen (secondary N) is 3. The van der Waals surface area contributed by atoms with Crippen LogP contribution in [0, 0.1) is 5.41 Å². The highest BCUT2D eigenvalue weighted by Crippen LogP contribution is 2.34. The van der Waals surface area contributed by atoms with Crippen LogP contribution in [0.15, 0.2) is 84.8 Å². The van der Waals surface area contributed by atoms with Crippen molar-refractivity contribution in [3.63, 3.8) is 0 Å².